The number of hydrogen-bond donors (Lipinski definition) is 5. The molecule has 0 spiro atoms. The first-order valence-electron chi connectivity index (χ1n) is 10.6. The molecule has 0 heterocycles. The molecule has 0 aliphatic heterocycles. The summed E-state index contributed by atoms with van der Waals surface area (Å²) in [7, 11) is 0. The lowest BCUT2D eigenvalue weighted by Gasteiger charge is -2.24. The molecule has 3 rings (SSSR count). The summed E-state index contributed by atoms with van der Waals surface area (Å²) in [5.41, 5.74) is 6.86. The highest BCUT2D eigenvalue weighted by atomic mass is 32.1. The van der Waals surface area contributed by atoms with E-state index in [-0.39, 0.29) is 5.91 Å². The molecule has 2 aliphatic carbocycles. The van der Waals surface area contributed by atoms with Crippen LogP contribution >= 0.6 is 24.4 Å². The van der Waals surface area contributed by atoms with Crippen molar-refractivity contribution in [1.82, 2.24) is 21.5 Å². The van der Waals surface area contributed by atoms with Gasteiger partial charge in [0.15, 0.2) is 10.2 Å². The maximum Gasteiger partial charge on any atom is 0.269 e. The SMILES string of the molecule is O=C(NNC(=S)NC1CCCCC1)c1ccc(NC(=S)NC2CCCCC2)cc1. The highest BCUT2D eigenvalue weighted by molar-refractivity contribution is 7.80. The molecule has 1 amide bonds. The first-order chi connectivity index (χ1) is 14.1. The van der Waals surface area contributed by atoms with E-state index in [1.807, 2.05) is 12.1 Å². The summed E-state index contributed by atoms with van der Waals surface area (Å²) in [6.45, 7) is 0. The molecule has 1 aromatic carbocycles. The fourth-order valence-electron chi connectivity index (χ4n) is 3.96. The molecule has 2 fully saturated rings. The predicted octanol–water partition coefficient (Wildman–Crippen LogP) is 3.75. The summed E-state index contributed by atoms with van der Waals surface area (Å²) in [5, 5.41) is 10.9. The quantitative estimate of drug-likeness (QED) is 0.366. The predicted molar refractivity (Wildman–Crippen MR) is 126 cm³/mol. The normalized spacial score (nSPS) is 17.8. The molecule has 0 aromatic heterocycles. The van der Waals surface area contributed by atoms with E-state index in [9.17, 15) is 4.79 Å². The van der Waals surface area contributed by atoms with Crippen LogP contribution in [0, 0.1) is 0 Å². The van der Waals surface area contributed by atoms with Gasteiger partial charge in [0.1, 0.15) is 0 Å². The second-order valence-corrected chi connectivity index (χ2v) is 8.71. The number of nitrogens with one attached hydrogen (secondary N) is 5. The van der Waals surface area contributed by atoms with Crippen LogP contribution in [-0.4, -0.2) is 28.2 Å². The summed E-state index contributed by atoms with van der Waals surface area (Å²) in [4.78, 5) is 12.3. The van der Waals surface area contributed by atoms with Gasteiger partial charge in [-0.25, -0.2) is 0 Å². The summed E-state index contributed by atoms with van der Waals surface area (Å²) in [6.07, 6.45) is 12.2. The van der Waals surface area contributed by atoms with Gasteiger partial charge in [-0.05, 0) is 74.4 Å². The van der Waals surface area contributed by atoms with Gasteiger partial charge in [-0.1, -0.05) is 38.5 Å². The monoisotopic (exact) mass is 433 g/mol. The molecule has 0 saturated heterocycles. The molecular weight excluding hydrogens is 402 g/mol. The molecule has 1 aromatic rings. The standard InChI is InChI=1S/C21H31N5OS2/c27-19(25-26-21(29)24-17-9-5-2-6-10-17)15-11-13-18(14-12-15)23-20(28)22-16-7-3-1-4-8-16/h11-14,16-17H,1-10H2,(H,25,27)(H2,22,23,28)(H2,24,26,29). The number of benzene rings is 1. The van der Waals surface area contributed by atoms with Crippen molar-refractivity contribution < 1.29 is 4.79 Å². The highest BCUT2D eigenvalue weighted by Crippen LogP contribution is 2.18. The van der Waals surface area contributed by atoms with Gasteiger partial charge in [-0.3, -0.25) is 15.6 Å². The van der Waals surface area contributed by atoms with E-state index in [0.29, 0.717) is 27.9 Å². The molecular formula is C21H31N5OS2. The Bertz CT molecular complexity index is 698. The van der Waals surface area contributed by atoms with Crippen LogP contribution in [-0.2, 0) is 0 Å². The Morgan fingerprint density at radius 1 is 0.724 bits per heavy atom. The molecule has 5 N–H and O–H groups in total. The van der Waals surface area contributed by atoms with Crippen molar-refractivity contribution in [1.29, 1.82) is 0 Å². The average molecular weight is 434 g/mol. The number of anilines is 1. The minimum atomic E-state index is -0.229. The van der Waals surface area contributed by atoms with Crippen LogP contribution in [0.5, 0.6) is 0 Å². The van der Waals surface area contributed by atoms with E-state index in [0.717, 1.165) is 18.5 Å². The van der Waals surface area contributed by atoms with E-state index < -0.39 is 0 Å². The van der Waals surface area contributed by atoms with Crippen molar-refractivity contribution in [2.45, 2.75) is 76.3 Å². The number of amides is 1. The van der Waals surface area contributed by atoms with Gasteiger partial charge in [0.05, 0.1) is 0 Å². The fraction of sp³-hybridized carbons (Fsp3) is 0.571. The molecule has 0 bridgehead atoms. The maximum atomic E-state index is 12.3. The topological polar surface area (TPSA) is 77.2 Å². The largest absolute Gasteiger partial charge is 0.360 e. The van der Waals surface area contributed by atoms with Gasteiger partial charge < -0.3 is 16.0 Å². The van der Waals surface area contributed by atoms with Crippen molar-refractivity contribution in [3.63, 3.8) is 0 Å². The first-order valence-corrected chi connectivity index (χ1v) is 11.5. The molecule has 6 nitrogen and oxygen atoms in total. The summed E-state index contributed by atoms with van der Waals surface area (Å²) < 4.78 is 0. The van der Waals surface area contributed by atoms with Crippen LogP contribution in [0.4, 0.5) is 5.69 Å². The Morgan fingerprint density at radius 3 is 1.79 bits per heavy atom. The van der Waals surface area contributed by atoms with Crippen LogP contribution in [0.25, 0.3) is 0 Å². The van der Waals surface area contributed by atoms with Crippen LogP contribution < -0.4 is 26.8 Å². The molecule has 0 unspecified atom stereocenters. The molecule has 0 atom stereocenters. The highest BCUT2D eigenvalue weighted by Gasteiger charge is 2.15. The third kappa shape index (κ3) is 7.44. The van der Waals surface area contributed by atoms with E-state index in [4.69, 9.17) is 24.4 Å². The van der Waals surface area contributed by atoms with Crippen LogP contribution in [0.15, 0.2) is 24.3 Å². The number of rotatable bonds is 4. The van der Waals surface area contributed by atoms with E-state index in [1.165, 1.54) is 51.4 Å². The van der Waals surface area contributed by atoms with E-state index in [1.54, 1.807) is 12.1 Å². The van der Waals surface area contributed by atoms with Crippen LogP contribution in [0.2, 0.25) is 0 Å². The molecule has 8 heteroatoms. The van der Waals surface area contributed by atoms with Gasteiger partial charge in [0, 0.05) is 23.3 Å². The Labute approximate surface area is 183 Å². The number of hydrogen-bond acceptors (Lipinski definition) is 3. The Kier molecular flexibility index (Phi) is 8.49. The molecule has 2 saturated carbocycles. The van der Waals surface area contributed by atoms with Crippen LogP contribution in [0.1, 0.15) is 74.6 Å². The van der Waals surface area contributed by atoms with Gasteiger partial charge in [0.2, 0.25) is 0 Å². The van der Waals surface area contributed by atoms with E-state index >= 15 is 0 Å². The smallest absolute Gasteiger partial charge is 0.269 e. The number of hydrazine groups is 1. The maximum absolute atomic E-state index is 12.3. The summed E-state index contributed by atoms with van der Waals surface area (Å²) >= 11 is 10.7. The molecule has 2 aliphatic rings. The lowest BCUT2D eigenvalue weighted by atomic mass is 9.96. The van der Waals surface area contributed by atoms with Gasteiger partial charge in [-0.2, -0.15) is 0 Å². The lowest BCUT2D eigenvalue weighted by Crippen LogP contribution is -2.50. The second kappa shape index (κ2) is 11.3. The van der Waals surface area contributed by atoms with Crippen LogP contribution in [0.3, 0.4) is 0 Å². The van der Waals surface area contributed by atoms with Crippen molar-refractivity contribution in [3.8, 4) is 0 Å². The lowest BCUT2D eigenvalue weighted by molar-refractivity contribution is 0.0943. The Morgan fingerprint density at radius 2 is 1.24 bits per heavy atom. The minimum absolute atomic E-state index is 0.229. The van der Waals surface area contributed by atoms with Crippen molar-refractivity contribution in [2.24, 2.45) is 0 Å². The van der Waals surface area contributed by atoms with Gasteiger partial charge in [0.25, 0.3) is 5.91 Å². The molecule has 29 heavy (non-hydrogen) atoms. The summed E-state index contributed by atoms with van der Waals surface area (Å²) in [5.74, 6) is -0.229. The Balaban J connectivity index is 1.39. The zero-order chi connectivity index (χ0) is 20.5. The number of carbonyl (C=O) groups excluding carboxylic acids is 1. The van der Waals surface area contributed by atoms with E-state index in [2.05, 4.69) is 26.8 Å². The first kappa shape index (κ1) is 21.8. The summed E-state index contributed by atoms with van der Waals surface area (Å²) in [6, 6.07) is 8.09. The third-order valence-corrected chi connectivity index (χ3v) is 6.02. The number of carbonyl (C=O) groups is 1. The van der Waals surface area contributed by atoms with Crippen molar-refractivity contribution >= 4 is 46.3 Å². The molecule has 0 radical (unpaired) electrons. The Hall–Kier alpha value is -1.93. The zero-order valence-electron chi connectivity index (χ0n) is 16.8. The second-order valence-electron chi connectivity index (χ2n) is 7.90. The number of thiocarbonyl (C=S) groups is 2. The van der Waals surface area contributed by atoms with Crippen molar-refractivity contribution in [3.05, 3.63) is 29.8 Å². The zero-order valence-corrected chi connectivity index (χ0v) is 18.4. The van der Waals surface area contributed by atoms with Gasteiger partial charge >= 0.3 is 0 Å². The molecule has 158 valence electrons. The average Bonchev–Trinajstić information content (AvgIpc) is 2.74. The fourth-order valence-corrected chi connectivity index (χ4v) is 4.46. The van der Waals surface area contributed by atoms with Crippen molar-refractivity contribution in [2.75, 3.05) is 5.32 Å². The van der Waals surface area contributed by atoms with Gasteiger partial charge in [-0.15, -0.1) is 0 Å². The third-order valence-electron chi connectivity index (χ3n) is 5.58. The minimum Gasteiger partial charge on any atom is -0.360 e.